The maximum absolute atomic E-state index is 12.0. The molecule has 3 rings (SSSR count). The van der Waals surface area contributed by atoms with Crippen molar-refractivity contribution in [2.45, 2.75) is 5.22 Å². The number of anilines is 1. The summed E-state index contributed by atoms with van der Waals surface area (Å²) in [5.41, 5.74) is 1.42. The maximum Gasteiger partial charge on any atom is 0.277 e. The molecule has 1 N–H and O–H groups in total. The lowest BCUT2D eigenvalue weighted by molar-refractivity contribution is -0.113. The van der Waals surface area contributed by atoms with E-state index in [1.54, 1.807) is 32.4 Å². The normalized spacial score (nSPS) is 10.5. The standard InChI is InChI=1S/C18H16BrN3O4S/c1-24-14-8-3-11(9-15(14)25-2)17-21-22-18(26-17)27-10-16(23)20-13-6-4-12(19)5-7-13/h3-9H,10H2,1-2H3,(H,20,23). The Morgan fingerprint density at radius 1 is 1.11 bits per heavy atom. The van der Waals surface area contributed by atoms with Gasteiger partial charge in [0.25, 0.3) is 5.22 Å². The van der Waals surface area contributed by atoms with Gasteiger partial charge < -0.3 is 19.2 Å². The second kappa shape index (κ2) is 8.92. The highest BCUT2D eigenvalue weighted by atomic mass is 79.9. The Morgan fingerprint density at radius 2 is 1.85 bits per heavy atom. The average molecular weight is 450 g/mol. The van der Waals surface area contributed by atoms with Gasteiger partial charge in [0.1, 0.15) is 0 Å². The molecule has 9 heteroatoms. The van der Waals surface area contributed by atoms with Crippen LogP contribution in [-0.4, -0.2) is 36.1 Å². The molecular formula is C18H16BrN3O4S. The number of aromatic nitrogens is 2. The zero-order valence-corrected chi connectivity index (χ0v) is 17.0. The number of hydrogen-bond acceptors (Lipinski definition) is 7. The molecule has 0 saturated carbocycles. The Morgan fingerprint density at radius 3 is 2.56 bits per heavy atom. The Bertz CT molecular complexity index is 931. The zero-order chi connectivity index (χ0) is 19.2. The van der Waals surface area contributed by atoms with Crippen LogP contribution in [0.1, 0.15) is 0 Å². The predicted molar refractivity (Wildman–Crippen MR) is 106 cm³/mol. The molecule has 0 aliphatic heterocycles. The van der Waals surface area contributed by atoms with Crippen LogP contribution in [0.2, 0.25) is 0 Å². The molecule has 0 spiro atoms. The number of methoxy groups -OCH3 is 2. The highest BCUT2D eigenvalue weighted by Gasteiger charge is 2.14. The summed E-state index contributed by atoms with van der Waals surface area (Å²) < 4.78 is 17.0. The number of hydrogen-bond donors (Lipinski definition) is 1. The second-order valence-corrected chi connectivity index (χ2v) is 7.13. The maximum atomic E-state index is 12.0. The summed E-state index contributed by atoms with van der Waals surface area (Å²) in [5.74, 6) is 1.51. The van der Waals surface area contributed by atoms with E-state index in [9.17, 15) is 4.79 Å². The van der Waals surface area contributed by atoms with Gasteiger partial charge in [-0.15, -0.1) is 10.2 Å². The summed E-state index contributed by atoms with van der Waals surface area (Å²) in [7, 11) is 3.12. The summed E-state index contributed by atoms with van der Waals surface area (Å²) in [6.45, 7) is 0. The van der Waals surface area contributed by atoms with Crippen LogP contribution in [0.15, 0.2) is 56.6 Å². The lowest BCUT2D eigenvalue weighted by Gasteiger charge is -2.07. The van der Waals surface area contributed by atoms with E-state index in [2.05, 4.69) is 31.4 Å². The van der Waals surface area contributed by atoms with E-state index in [1.165, 1.54) is 11.8 Å². The molecule has 0 atom stereocenters. The first-order valence-electron chi connectivity index (χ1n) is 7.83. The first-order chi connectivity index (χ1) is 13.1. The van der Waals surface area contributed by atoms with Gasteiger partial charge in [-0.05, 0) is 42.5 Å². The number of benzene rings is 2. The Hall–Kier alpha value is -2.52. The van der Waals surface area contributed by atoms with E-state index in [-0.39, 0.29) is 11.7 Å². The van der Waals surface area contributed by atoms with Gasteiger partial charge in [-0.1, -0.05) is 27.7 Å². The molecule has 0 radical (unpaired) electrons. The lowest BCUT2D eigenvalue weighted by atomic mass is 10.2. The Kier molecular flexibility index (Phi) is 6.36. The minimum absolute atomic E-state index is 0.156. The fourth-order valence-corrected chi connectivity index (χ4v) is 3.04. The number of rotatable bonds is 7. The zero-order valence-electron chi connectivity index (χ0n) is 14.6. The van der Waals surface area contributed by atoms with Crippen molar-refractivity contribution in [3.63, 3.8) is 0 Å². The third-order valence-electron chi connectivity index (χ3n) is 3.49. The Labute approximate surface area is 168 Å². The summed E-state index contributed by atoms with van der Waals surface area (Å²) in [5, 5.41) is 11.1. The van der Waals surface area contributed by atoms with Crippen LogP contribution in [0.3, 0.4) is 0 Å². The Balaban J connectivity index is 1.61. The van der Waals surface area contributed by atoms with E-state index in [0.717, 1.165) is 10.2 Å². The van der Waals surface area contributed by atoms with Crippen molar-refractivity contribution in [2.24, 2.45) is 0 Å². The largest absolute Gasteiger partial charge is 0.493 e. The summed E-state index contributed by atoms with van der Waals surface area (Å²) in [4.78, 5) is 12.0. The van der Waals surface area contributed by atoms with Crippen LogP contribution >= 0.6 is 27.7 Å². The van der Waals surface area contributed by atoms with Crippen molar-refractivity contribution >= 4 is 39.3 Å². The average Bonchev–Trinajstić information content (AvgIpc) is 3.16. The number of carbonyl (C=O) groups excluding carboxylic acids is 1. The summed E-state index contributed by atoms with van der Waals surface area (Å²) in [6, 6.07) is 12.6. The number of halogens is 1. The molecule has 3 aromatic rings. The van der Waals surface area contributed by atoms with Crippen LogP contribution in [0, 0.1) is 0 Å². The molecule has 0 unspecified atom stereocenters. The van der Waals surface area contributed by atoms with Crippen molar-refractivity contribution in [1.29, 1.82) is 0 Å². The monoisotopic (exact) mass is 449 g/mol. The topological polar surface area (TPSA) is 86.5 Å². The first-order valence-corrected chi connectivity index (χ1v) is 9.61. The molecule has 1 amide bonds. The molecule has 1 heterocycles. The van der Waals surface area contributed by atoms with Crippen LogP contribution in [0.25, 0.3) is 11.5 Å². The number of amides is 1. The molecule has 0 saturated heterocycles. The quantitative estimate of drug-likeness (QED) is 0.539. The van der Waals surface area contributed by atoms with Gasteiger partial charge >= 0.3 is 0 Å². The second-order valence-electron chi connectivity index (χ2n) is 5.29. The summed E-state index contributed by atoms with van der Waals surface area (Å²) >= 11 is 4.52. The number of ether oxygens (including phenoxy) is 2. The molecule has 27 heavy (non-hydrogen) atoms. The lowest BCUT2D eigenvalue weighted by Crippen LogP contribution is -2.13. The third kappa shape index (κ3) is 5.01. The minimum atomic E-state index is -0.159. The molecule has 0 aliphatic carbocycles. The van der Waals surface area contributed by atoms with Crippen molar-refractivity contribution in [3.8, 4) is 23.0 Å². The molecule has 0 bridgehead atoms. The van der Waals surface area contributed by atoms with Gasteiger partial charge in [-0.3, -0.25) is 4.79 Å². The molecule has 2 aromatic carbocycles. The highest BCUT2D eigenvalue weighted by molar-refractivity contribution is 9.10. The molecule has 0 fully saturated rings. The van der Waals surface area contributed by atoms with Crippen LogP contribution in [0.5, 0.6) is 11.5 Å². The van der Waals surface area contributed by atoms with E-state index in [1.807, 2.05) is 24.3 Å². The van der Waals surface area contributed by atoms with E-state index < -0.39 is 0 Å². The smallest absolute Gasteiger partial charge is 0.277 e. The molecule has 1 aromatic heterocycles. The first kappa shape index (κ1) is 19.2. The van der Waals surface area contributed by atoms with Crippen LogP contribution in [0.4, 0.5) is 5.69 Å². The minimum Gasteiger partial charge on any atom is -0.493 e. The van der Waals surface area contributed by atoms with Gasteiger partial charge in [-0.2, -0.15) is 0 Å². The van der Waals surface area contributed by atoms with Gasteiger partial charge in [-0.25, -0.2) is 0 Å². The fourth-order valence-electron chi connectivity index (χ4n) is 2.21. The van der Waals surface area contributed by atoms with Gasteiger partial charge in [0, 0.05) is 15.7 Å². The van der Waals surface area contributed by atoms with E-state index in [4.69, 9.17) is 13.9 Å². The summed E-state index contributed by atoms with van der Waals surface area (Å²) in [6.07, 6.45) is 0. The van der Waals surface area contributed by atoms with E-state index in [0.29, 0.717) is 28.2 Å². The third-order valence-corrected chi connectivity index (χ3v) is 4.84. The molecular weight excluding hydrogens is 434 g/mol. The number of nitrogens with zero attached hydrogens (tertiary/aromatic N) is 2. The van der Waals surface area contributed by atoms with Crippen molar-refractivity contribution in [3.05, 3.63) is 46.9 Å². The fraction of sp³-hybridized carbons (Fsp3) is 0.167. The van der Waals surface area contributed by atoms with Gasteiger partial charge in [0.2, 0.25) is 11.8 Å². The van der Waals surface area contributed by atoms with Crippen molar-refractivity contribution in [1.82, 2.24) is 10.2 Å². The number of nitrogens with one attached hydrogen (secondary N) is 1. The SMILES string of the molecule is COc1ccc(-c2nnc(SCC(=O)Nc3ccc(Br)cc3)o2)cc1OC. The van der Waals surface area contributed by atoms with E-state index >= 15 is 0 Å². The molecule has 0 aliphatic rings. The number of carbonyl (C=O) groups is 1. The number of thioether (sulfide) groups is 1. The predicted octanol–water partition coefficient (Wildman–Crippen LogP) is 4.25. The van der Waals surface area contributed by atoms with Gasteiger partial charge in [0.05, 0.1) is 20.0 Å². The van der Waals surface area contributed by atoms with Crippen LogP contribution < -0.4 is 14.8 Å². The molecule has 7 nitrogen and oxygen atoms in total. The van der Waals surface area contributed by atoms with Crippen molar-refractivity contribution < 1.29 is 18.7 Å². The van der Waals surface area contributed by atoms with Crippen molar-refractivity contribution in [2.75, 3.05) is 25.3 Å². The van der Waals surface area contributed by atoms with Crippen LogP contribution in [-0.2, 0) is 4.79 Å². The van der Waals surface area contributed by atoms with Gasteiger partial charge in [0.15, 0.2) is 11.5 Å². The molecule has 140 valence electrons. The highest BCUT2D eigenvalue weighted by Crippen LogP contribution is 2.32.